The van der Waals surface area contributed by atoms with E-state index in [2.05, 4.69) is 16.0 Å². The monoisotopic (exact) mass is 500 g/mol. The SMILES string of the molecule is N#Cc1cc(C(=N)c2cc(OCc3c(Cl)cnc(F)c3Cl)ccc2N)cnc1N1CCC(O)C1. The summed E-state index contributed by atoms with van der Waals surface area (Å²) in [5.74, 6) is -0.0226. The van der Waals surface area contributed by atoms with Gasteiger partial charge in [0.1, 0.15) is 29.3 Å². The van der Waals surface area contributed by atoms with Crippen LogP contribution in [0, 0.1) is 22.7 Å². The van der Waals surface area contributed by atoms with Crippen molar-refractivity contribution in [3.8, 4) is 11.8 Å². The van der Waals surface area contributed by atoms with Crippen molar-refractivity contribution in [1.82, 2.24) is 9.97 Å². The lowest BCUT2D eigenvalue weighted by Crippen LogP contribution is -2.23. The van der Waals surface area contributed by atoms with Crippen LogP contribution in [0.2, 0.25) is 10.0 Å². The van der Waals surface area contributed by atoms with Gasteiger partial charge in [-0.15, -0.1) is 0 Å². The molecule has 1 aliphatic heterocycles. The molecule has 1 aliphatic rings. The Morgan fingerprint density at radius 2 is 2.12 bits per heavy atom. The van der Waals surface area contributed by atoms with Crippen LogP contribution in [0.5, 0.6) is 5.75 Å². The average molecular weight is 501 g/mol. The highest BCUT2D eigenvalue weighted by Gasteiger charge is 2.24. The second-order valence-corrected chi connectivity index (χ2v) is 8.48. The van der Waals surface area contributed by atoms with Gasteiger partial charge in [0.15, 0.2) is 0 Å². The van der Waals surface area contributed by atoms with Gasteiger partial charge in [-0.05, 0) is 30.7 Å². The van der Waals surface area contributed by atoms with Crippen LogP contribution in [0.1, 0.15) is 28.7 Å². The van der Waals surface area contributed by atoms with E-state index in [1.54, 1.807) is 24.3 Å². The van der Waals surface area contributed by atoms with Crippen LogP contribution in [-0.4, -0.2) is 40.0 Å². The fraction of sp³-hybridized carbons (Fsp3) is 0.217. The number of nitrogens with one attached hydrogen (secondary N) is 1. The molecule has 0 saturated carbocycles. The van der Waals surface area contributed by atoms with Gasteiger partial charge in [-0.2, -0.15) is 9.65 Å². The van der Waals surface area contributed by atoms with Gasteiger partial charge < -0.3 is 20.5 Å². The van der Waals surface area contributed by atoms with Crippen molar-refractivity contribution in [3.63, 3.8) is 0 Å². The molecule has 1 fully saturated rings. The Morgan fingerprint density at radius 3 is 2.82 bits per heavy atom. The second-order valence-electron chi connectivity index (χ2n) is 7.70. The number of nitrogen functional groups attached to an aromatic ring is 1. The normalized spacial score (nSPS) is 15.3. The summed E-state index contributed by atoms with van der Waals surface area (Å²) in [6, 6.07) is 8.43. The number of aliphatic hydroxyl groups excluding tert-OH is 1. The topological polar surface area (TPSA) is 132 Å². The highest BCUT2D eigenvalue weighted by Crippen LogP contribution is 2.29. The van der Waals surface area contributed by atoms with Crippen LogP contribution < -0.4 is 15.4 Å². The zero-order chi connectivity index (χ0) is 24.4. The number of β-amino-alcohol motifs (C(OH)–C–C–N with tert-alkyl or cyclic N) is 1. The summed E-state index contributed by atoms with van der Waals surface area (Å²) < 4.78 is 19.4. The van der Waals surface area contributed by atoms with Crippen LogP contribution in [0.25, 0.3) is 0 Å². The molecule has 4 rings (SSSR count). The molecule has 8 nitrogen and oxygen atoms in total. The highest BCUT2D eigenvalue weighted by atomic mass is 35.5. The lowest BCUT2D eigenvalue weighted by Gasteiger charge is -2.18. The molecule has 2 aromatic heterocycles. The highest BCUT2D eigenvalue weighted by molar-refractivity contribution is 6.35. The van der Waals surface area contributed by atoms with Crippen LogP contribution >= 0.6 is 23.2 Å². The van der Waals surface area contributed by atoms with Crippen LogP contribution in [0.4, 0.5) is 15.9 Å². The fourth-order valence-corrected chi connectivity index (χ4v) is 4.08. The maximum Gasteiger partial charge on any atom is 0.232 e. The van der Waals surface area contributed by atoms with Crippen LogP contribution in [0.15, 0.2) is 36.7 Å². The fourth-order valence-electron chi connectivity index (χ4n) is 3.63. The smallest absolute Gasteiger partial charge is 0.232 e. The summed E-state index contributed by atoms with van der Waals surface area (Å²) in [5.41, 5.74) is 7.78. The minimum atomic E-state index is -0.850. The summed E-state index contributed by atoms with van der Waals surface area (Å²) in [6.45, 7) is 0.881. The number of nitrogens with two attached hydrogens (primary N) is 1. The Labute approximate surface area is 204 Å². The van der Waals surface area contributed by atoms with E-state index in [-0.39, 0.29) is 27.9 Å². The number of pyridine rings is 2. The predicted octanol–water partition coefficient (Wildman–Crippen LogP) is 3.94. The Kier molecular flexibility index (Phi) is 6.84. The number of hydrogen-bond donors (Lipinski definition) is 3. The zero-order valence-corrected chi connectivity index (χ0v) is 19.2. The molecule has 0 radical (unpaired) electrons. The van der Waals surface area contributed by atoms with Crippen molar-refractivity contribution in [3.05, 3.63) is 74.9 Å². The third-order valence-corrected chi connectivity index (χ3v) is 6.15. The first-order valence-electron chi connectivity index (χ1n) is 10.2. The van der Waals surface area contributed by atoms with E-state index in [4.69, 9.17) is 39.1 Å². The molecule has 1 aromatic carbocycles. The van der Waals surface area contributed by atoms with Crippen molar-refractivity contribution in [1.29, 1.82) is 10.7 Å². The molecule has 3 heterocycles. The molecule has 0 aliphatic carbocycles. The number of nitrogens with zero attached hydrogens (tertiary/aromatic N) is 4. The van der Waals surface area contributed by atoms with Gasteiger partial charge in [0.25, 0.3) is 0 Å². The number of ether oxygens (including phenoxy) is 1. The molecular weight excluding hydrogens is 482 g/mol. The molecule has 1 unspecified atom stereocenters. The summed E-state index contributed by atoms with van der Waals surface area (Å²) in [5, 5.41) is 28.0. The van der Waals surface area contributed by atoms with E-state index in [9.17, 15) is 14.8 Å². The number of nitriles is 1. The van der Waals surface area contributed by atoms with E-state index in [0.717, 1.165) is 6.20 Å². The van der Waals surface area contributed by atoms with Crippen molar-refractivity contribution in [2.75, 3.05) is 23.7 Å². The standard InChI is InChI=1S/C23H19Cl2FN6O2/c24-18-9-30-22(26)20(25)17(18)11-34-15-1-2-19(28)16(6-15)21(29)13-5-12(7-27)23(31-8-13)32-4-3-14(33)10-32/h1-2,5-6,8-9,14,29,33H,3-4,10-11,28H2. The zero-order valence-electron chi connectivity index (χ0n) is 17.7. The van der Waals surface area contributed by atoms with Gasteiger partial charge in [0.2, 0.25) is 5.95 Å². The minimum absolute atomic E-state index is 0.0472. The first-order chi connectivity index (χ1) is 16.3. The van der Waals surface area contributed by atoms with Gasteiger partial charge in [-0.1, -0.05) is 23.2 Å². The van der Waals surface area contributed by atoms with Gasteiger partial charge >= 0.3 is 0 Å². The number of aromatic nitrogens is 2. The van der Waals surface area contributed by atoms with E-state index in [1.807, 2.05) is 4.90 Å². The van der Waals surface area contributed by atoms with Crippen LogP contribution in [-0.2, 0) is 6.61 Å². The van der Waals surface area contributed by atoms with E-state index >= 15 is 0 Å². The molecule has 34 heavy (non-hydrogen) atoms. The maximum atomic E-state index is 13.7. The summed E-state index contributed by atoms with van der Waals surface area (Å²) in [6.07, 6.45) is 2.80. The Balaban J connectivity index is 1.58. The first-order valence-corrected chi connectivity index (χ1v) is 11.0. The lowest BCUT2D eigenvalue weighted by molar-refractivity contribution is 0.198. The van der Waals surface area contributed by atoms with Crippen molar-refractivity contribution < 1.29 is 14.2 Å². The molecule has 174 valence electrons. The lowest BCUT2D eigenvalue weighted by atomic mass is 10.0. The molecule has 0 amide bonds. The van der Waals surface area contributed by atoms with Gasteiger partial charge in [-0.3, -0.25) is 5.41 Å². The van der Waals surface area contributed by atoms with Crippen LogP contribution in [0.3, 0.4) is 0 Å². The molecule has 3 aromatic rings. The molecule has 4 N–H and O–H groups in total. The van der Waals surface area contributed by atoms with E-state index in [0.29, 0.717) is 53.5 Å². The Bertz CT molecular complexity index is 1310. The summed E-state index contributed by atoms with van der Waals surface area (Å²) in [4.78, 5) is 9.67. The third-order valence-electron chi connectivity index (χ3n) is 5.44. The molecule has 0 spiro atoms. The molecular formula is C23H19Cl2FN6O2. The van der Waals surface area contributed by atoms with Gasteiger partial charge in [0, 0.05) is 47.9 Å². The minimum Gasteiger partial charge on any atom is -0.489 e. The number of aliphatic hydroxyl groups is 1. The quantitative estimate of drug-likeness (QED) is 0.265. The Hall–Kier alpha value is -3.45. The molecule has 0 bridgehead atoms. The largest absolute Gasteiger partial charge is 0.489 e. The number of rotatable bonds is 6. The van der Waals surface area contributed by atoms with Gasteiger partial charge in [-0.25, -0.2) is 9.97 Å². The number of hydrogen-bond acceptors (Lipinski definition) is 8. The van der Waals surface area contributed by atoms with E-state index in [1.165, 1.54) is 6.20 Å². The predicted molar refractivity (Wildman–Crippen MR) is 127 cm³/mol. The van der Waals surface area contributed by atoms with E-state index < -0.39 is 12.1 Å². The van der Waals surface area contributed by atoms with Crippen molar-refractivity contribution in [2.24, 2.45) is 0 Å². The molecule has 11 heteroatoms. The number of benzene rings is 1. The average Bonchev–Trinajstić information content (AvgIpc) is 3.27. The second kappa shape index (κ2) is 9.81. The third kappa shape index (κ3) is 4.75. The number of anilines is 2. The van der Waals surface area contributed by atoms with Crippen molar-refractivity contribution in [2.45, 2.75) is 19.1 Å². The summed E-state index contributed by atoms with van der Waals surface area (Å²) in [7, 11) is 0. The molecule has 1 atom stereocenters. The summed E-state index contributed by atoms with van der Waals surface area (Å²) >= 11 is 12.0. The first kappa shape index (κ1) is 23.7. The maximum absolute atomic E-state index is 13.7. The Morgan fingerprint density at radius 1 is 1.32 bits per heavy atom. The van der Waals surface area contributed by atoms with Gasteiger partial charge in [0.05, 0.1) is 22.4 Å². The number of halogens is 3. The molecule has 1 saturated heterocycles. The van der Waals surface area contributed by atoms with Crippen molar-refractivity contribution >= 4 is 40.4 Å².